The molecule has 1 aliphatic carbocycles. The van der Waals surface area contributed by atoms with Gasteiger partial charge in [-0.05, 0) is 62.1 Å². The Hall–Kier alpha value is -2.40. The van der Waals surface area contributed by atoms with Gasteiger partial charge in [-0.25, -0.2) is 0 Å². The second kappa shape index (κ2) is 8.53. The molecule has 1 saturated heterocycles. The van der Waals surface area contributed by atoms with Crippen molar-refractivity contribution < 1.29 is 9.53 Å². The highest BCUT2D eigenvalue weighted by atomic mass is 16.5. The lowest BCUT2D eigenvalue weighted by atomic mass is 10.1. The predicted molar refractivity (Wildman–Crippen MR) is 105 cm³/mol. The molecule has 2 aromatic rings. The van der Waals surface area contributed by atoms with Crippen molar-refractivity contribution in [1.29, 1.82) is 0 Å². The summed E-state index contributed by atoms with van der Waals surface area (Å²) in [7, 11) is 0. The van der Waals surface area contributed by atoms with Crippen molar-refractivity contribution in [2.75, 3.05) is 26.2 Å². The van der Waals surface area contributed by atoms with Crippen molar-refractivity contribution in [2.24, 2.45) is 0 Å². The summed E-state index contributed by atoms with van der Waals surface area (Å²) in [5.74, 6) is 0.985. The molecule has 4 rings (SSSR count). The third kappa shape index (κ3) is 4.66. The van der Waals surface area contributed by atoms with Crippen LogP contribution >= 0.6 is 0 Å². The second-order valence-corrected chi connectivity index (χ2v) is 7.44. The fourth-order valence-electron chi connectivity index (χ4n) is 3.89. The van der Waals surface area contributed by atoms with Crippen LogP contribution < -0.4 is 4.74 Å². The van der Waals surface area contributed by atoms with Crippen LogP contribution in [0.3, 0.4) is 0 Å². The van der Waals surface area contributed by atoms with Gasteiger partial charge in [0.2, 0.25) is 0 Å². The Morgan fingerprint density at radius 1 is 1.00 bits per heavy atom. The van der Waals surface area contributed by atoms with Crippen LogP contribution in [0.25, 0.3) is 0 Å². The van der Waals surface area contributed by atoms with Crippen molar-refractivity contribution in [2.45, 2.75) is 38.3 Å². The average Bonchev–Trinajstić information content (AvgIpc) is 3.22. The highest BCUT2D eigenvalue weighted by Gasteiger charge is 2.22. The Morgan fingerprint density at radius 3 is 2.41 bits per heavy atom. The van der Waals surface area contributed by atoms with E-state index < -0.39 is 0 Å². The molecule has 1 aliphatic heterocycles. The van der Waals surface area contributed by atoms with Gasteiger partial charge in [-0.15, -0.1) is 0 Å². The van der Waals surface area contributed by atoms with Gasteiger partial charge in [-0.2, -0.15) is 0 Å². The second-order valence-electron chi connectivity index (χ2n) is 7.44. The third-order valence-electron chi connectivity index (χ3n) is 5.48. The molecule has 0 bridgehead atoms. The zero-order chi connectivity index (χ0) is 18.5. The summed E-state index contributed by atoms with van der Waals surface area (Å²) in [6, 6.07) is 13.7. The number of hydrogen-bond donors (Lipinski definition) is 0. The van der Waals surface area contributed by atoms with Crippen LogP contribution in [-0.2, 0) is 6.54 Å². The summed E-state index contributed by atoms with van der Waals surface area (Å²) in [6.45, 7) is 4.12. The van der Waals surface area contributed by atoms with E-state index in [1.807, 2.05) is 53.6 Å². The lowest BCUT2D eigenvalue weighted by Gasteiger charge is -2.34. The van der Waals surface area contributed by atoms with E-state index in [9.17, 15) is 4.79 Å². The maximum atomic E-state index is 12.8. The maximum absolute atomic E-state index is 12.8. The van der Waals surface area contributed by atoms with E-state index >= 15 is 0 Å². The lowest BCUT2D eigenvalue weighted by molar-refractivity contribution is 0.0627. The zero-order valence-electron chi connectivity index (χ0n) is 15.7. The number of piperazine rings is 1. The lowest BCUT2D eigenvalue weighted by Crippen LogP contribution is -2.48. The van der Waals surface area contributed by atoms with Gasteiger partial charge in [0.15, 0.2) is 0 Å². The van der Waals surface area contributed by atoms with Crippen molar-refractivity contribution in [3.8, 4) is 5.75 Å². The molecule has 1 aromatic heterocycles. The zero-order valence-corrected chi connectivity index (χ0v) is 15.7. The quantitative estimate of drug-likeness (QED) is 0.815. The molecule has 0 radical (unpaired) electrons. The van der Waals surface area contributed by atoms with Gasteiger partial charge < -0.3 is 9.64 Å². The number of carbonyl (C=O) groups excluding carboxylic acids is 1. The Morgan fingerprint density at radius 2 is 1.74 bits per heavy atom. The molecule has 2 heterocycles. The largest absolute Gasteiger partial charge is 0.490 e. The van der Waals surface area contributed by atoms with E-state index in [-0.39, 0.29) is 5.91 Å². The van der Waals surface area contributed by atoms with Crippen LogP contribution in [-0.4, -0.2) is 53.0 Å². The van der Waals surface area contributed by atoms with Crippen LogP contribution in [0.15, 0.2) is 48.7 Å². The van der Waals surface area contributed by atoms with Crippen LogP contribution in [0.5, 0.6) is 5.75 Å². The molecule has 0 unspecified atom stereocenters. The van der Waals surface area contributed by atoms with E-state index in [0.29, 0.717) is 6.10 Å². The molecule has 5 nitrogen and oxygen atoms in total. The monoisotopic (exact) mass is 365 g/mol. The van der Waals surface area contributed by atoms with Gasteiger partial charge in [0.1, 0.15) is 5.75 Å². The van der Waals surface area contributed by atoms with E-state index in [2.05, 4.69) is 9.88 Å². The molecular formula is C22H27N3O2. The SMILES string of the molecule is O=C(c1ccc(OC2CCCC2)cc1)N1CCN(Cc2ccccn2)CC1. The Kier molecular flexibility index (Phi) is 5.68. The molecule has 0 N–H and O–H groups in total. The highest BCUT2D eigenvalue weighted by Crippen LogP contribution is 2.24. The first-order valence-corrected chi connectivity index (χ1v) is 9.96. The molecule has 1 amide bonds. The number of rotatable bonds is 5. The third-order valence-corrected chi connectivity index (χ3v) is 5.48. The Labute approximate surface area is 161 Å². The molecule has 2 aliphatic rings. The van der Waals surface area contributed by atoms with Gasteiger partial charge in [-0.3, -0.25) is 14.7 Å². The van der Waals surface area contributed by atoms with E-state index in [4.69, 9.17) is 4.74 Å². The van der Waals surface area contributed by atoms with Crippen LogP contribution in [0, 0.1) is 0 Å². The summed E-state index contributed by atoms with van der Waals surface area (Å²) in [5.41, 5.74) is 1.82. The Bertz CT molecular complexity index is 734. The van der Waals surface area contributed by atoms with Gasteiger partial charge >= 0.3 is 0 Å². The minimum Gasteiger partial charge on any atom is -0.490 e. The maximum Gasteiger partial charge on any atom is 0.253 e. The number of carbonyl (C=O) groups is 1. The molecule has 27 heavy (non-hydrogen) atoms. The summed E-state index contributed by atoms with van der Waals surface area (Å²) in [4.78, 5) is 21.5. The number of benzene rings is 1. The molecular weight excluding hydrogens is 338 g/mol. The van der Waals surface area contributed by atoms with E-state index in [1.165, 1.54) is 12.8 Å². The number of amides is 1. The van der Waals surface area contributed by atoms with Crippen molar-refractivity contribution in [3.63, 3.8) is 0 Å². The first kappa shape index (κ1) is 18.0. The minimum atomic E-state index is 0.111. The fourth-order valence-corrected chi connectivity index (χ4v) is 3.89. The van der Waals surface area contributed by atoms with Gasteiger partial charge in [-0.1, -0.05) is 6.07 Å². The molecule has 0 spiro atoms. The molecule has 0 atom stereocenters. The molecule has 2 fully saturated rings. The van der Waals surface area contributed by atoms with Gasteiger partial charge in [0.05, 0.1) is 11.8 Å². The van der Waals surface area contributed by atoms with Crippen LogP contribution in [0.1, 0.15) is 41.7 Å². The van der Waals surface area contributed by atoms with Gasteiger partial charge in [0, 0.05) is 44.5 Å². The van der Waals surface area contributed by atoms with Crippen LogP contribution in [0.4, 0.5) is 0 Å². The van der Waals surface area contributed by atoms with Crippen LogP contribution in [0.2, 0.25) is 0 Å². The highest BCUT2D eigenvalue weighted by molar-refractivity contribution is 5.94. The molecule has 5 heteroatoms. The number of ether oxygens (including phenoxy) is 1. The smallest absolute Gasteiger partial charge is 0.253 e. The van der Waals surface area contributed by atoms with E-state index in [1.54, 1.807) is 0 Å². The summed E-state index contributed by atoms with van der Waals surface area (Å²) in [6.07, 6.45) is 6.97. The average molecular weight is 365 g/mol. The minimum absolute atomic E-state index is 0.111. The standard InChI is InChI=1S/C22H27N3O2/c26-22(18-8-10-21(11-9-18)27-20-6-1-2-7-20)25-15-13-24(14-16-25)17-19-5-3-4-12-23-19/h3-5,8-12,20H,1-2,6-7,13-17H2. The number of aromatic nitrogens is 1. The number of pyridine rings is 1. The molecule has 142 valence electrons. The summed E-state index contributed by atoms with van der Waals surface area (Å²) >= 11 is 0. The first-order valence-electron chi connectivity index (χ1n) is 9.96. The normalized spacial score (nSPS) is 18.6. The summed E-state index contributed by atoms with van der Waals surface area (Å²) < 4.78 is 5.99. The van der Waals surface area contributed by atoms with Crippen molar-refractivity contribution in [1.82, 2.24) is 14.8 Å². The topological polar surface area (TPSA) is 45.7 Å². The van der Waals surface area contributed by atoms with Crippen molar-refractivity contribution >= 4 is 5.91 Å². The molecule has 1 saturated carbocycles. The summed E-state index contributed by atoms with van der Waals surface area (Å²) in [5, 5.41) is 0. The number of nitrogens with zero attached hydrogens (tertiary/aromatic N) is 3. The predicted octanol–water partition coefficient (Wildman–Crippen LogP) is 3.36. The molecule has 1 aromatic carbocycles. The van der Waals surface area contributed by atoms with Gasteiger partial charge in [0.25, 0.3) is 5.91 Å². The first-order chi connectivity index (χ1) is 13.3. The van der Waals surface area contributed by atoms with Crippen molar-refractivity contribution in [3.05, 3.63) is 59.9 Å². The number of hydrogen-bond acceptors (Lipinski definition) is 4. The fraction of sp³-hybridized carbons (Fsp3) is 0.455. The Balaban J connectivity index is 1.28. The van der Waals surface area contributed by atoms with E-state index in [0.717, 1.165) is 62.6 Å².